The van der Waals surface area contributed by atoms with Crippen LogP contribution >= 0.6 is 0 Å². The van der Waals surface area contributed by atoms with Crippen molar-refractivity contribution in [1.29, 1.82) is 0 Å². The lowest BCUT2D eigenvalue weighted by Gasteiger charge is -2.20. The molecule has 0 aromatic heterocycles. The highest BCUT2D eigenvalue weighted by Gasteiger charge is 2.19. The molecule has 0 radical (unpaired) electrons. The van der Waals surface area contributed by atoms with E-state index in [0.717, 1.165) is 35.1 Å². The molecular formula is C19H18O2. The van der Waals surface area contributed by atoms with Crippen molar-refractivity contribution in [3.05, 3.63) is 75.9 Å². The van der Waals surface area contributed by atoms with Crippen LogP contribution in [0.5, 0.6) is 0 Å². The molecule has 2 heteroatoms. The van der Waals surface area contributed by atoms with Gasteiger partial charge in [-0.05, 0) is 60.1 Å². The first-order chi connectivity index (χ1) is 10.1. The van der Waals surface area contributed by atoms with Crippen LogP contribution < -0.4 is 0 Å². The summed E-state index contributed by atoms with van der Waals surface area (Å²) in [6.07, 6.45) is 4.28. The number of hydrogen-bond donors (Lipinski definition) is 1. The maximum atomic E-state index is 11.5. The molecule has 106 valence electrons. The van der Waals surface area contributed by atoms with Gasteiger partial charge in [-0.3, -0.25) is 0 Å². The highest BCUT2D eigenvalue weighted by atomic mass is 16.4. The second-order valence-corrected chi connectivity index (χ2v) is 5.55. The lowest BCUT2D eigenvalue weighted by atomic mass is 9.84. The molecule has 0 aliphatic heterocycles. The van der Waals surface area contributed by atoms with E-state index < -0.39 is 5.97 Å². The fourth-order valence-corrected chi connectivity index (χ4v) is 3.21. The first-order valence-electron chi connectivity index (χ1n) is 7.22. The molecule has 0 heterocycles. The van der Waals surface area contributed by atoms with Gasteiger partial charge in [0.15, 0.2) is 0 Å². The van der Waals surface area contributed by atoms with E-state index in [-0.39, 0.29) is 0 Å². The molecule has 21 heavy (non-hydrogen) atoms. The quantitative estimate of drug-likeness (QED) is 0.885. The van der Waals surface area contributed by atoms with Crippen LogP contribution in [0.3, 0.4) is 0 Å². The monoisotopic (exact) mass is 278 g/mol. The number of fused-ring (bicyclic) bond motifs is 1. The lowest BCUT2D eigenvalue weighted by molar-refractivity contribution is 0.0695. The van der Waals surface area contributed by atoms with Crippen LogP contribution in [0.1, 0.15) is 44.6 Å². The second-order valence-electron chi connectivity index (χ2n) is 5.55. The number of carboxylic acid groups (broad SMARTS) is 1. The Labute approximate surface area is 124 Å². The third-order valence-corrected chi connectivity index (χ3v) is 4.25. The number of aromatic carboxylic acids is 1. The standard InChI is InChI=1S/C19H18O2/c1-12-10-11-15(13(2)18(12)19(20)21)17-9-5-7-14-6-3-4-8-16(14)17/h3-4,6,8-11H,5,7H2,1-2H3,(H,20,21). The zero-order chi connectivity index (χ0) is 15.0. The predicted octanol–water partition coefficient (Wildman–Crippen LogP) is 4.38. The van der Waals surface area contributed by atoms with Gasteiger partial charge in [-0.15, -0.1) is 0 Å². The highest BCUT2D eigenvalue weighted by Crippen LogP contribution is 2.34. The van der Waals surface area contributed by atoms with E-state index in [1.807, 2.05) is 32.0 Å². The molecule has 1 aliphatic rings. The average molecular weight is 278 g/mol. The Morgan fingerprint density at radius 2 is 1.81 bits per heavy atom. The van der Waals surface area contributed by atoms with Crippen LogP contribution in [0, 0.1) is 13.8 Å². The Hall–Kier alpha value is -2.35. The third kappa shape index (κ3) is 2.27. The molecule has 2 aromatic carbocycles. The van der Waals surface area contributed by atoms with E-state index in [2.05, 4.69) is 24.3 Å². The molecule has 1 aliphatic carbocycles. The summed E-state index contributed by atoms with van der Waals surface area (Å²) in [5, 5.41) is 9.45. The summed E-state index contributed by atoms with van der Waals surface area (Å²) in [6.45, 7) is 3.76. The second kappa shape index (κ2) is 5.21. The molecule has 0 saturated heterocycles. The first kappa shape index (κ1) is 13.6. The van der Waals surface area contributed by atoms with Gasteiger partial charge in [0.2, 0.25) is 0 Å². The largest absolute Gasteiger partial charge is 0.478 e. The molecule has 0 amide bonds. The number of carboxylic acids is 1. The van der Waals surface area contributed by atoms with Gasteiger partial charge in [0.1, 0.15) is 0 Å². The van der Waals surface area contributed by atoms with Crippen LogP contribution in [0.25, 0.3) is 5.57 Å². The smallest absolute Gasteiger partial charge is 0.336 e. The van der Waals surface area contributed by atoms with E-state index in [9.17, 15) is 9.90 Å². The van der Waals surface area contributed by atoms with Gasteiger partial charge in [-0.25, -0.2) is 4.79 Å². The maximum Gasteiger partial charge on any atom is 0.336 e. The minimum atomic E-state index is -0.850. The number of benzene rings is 2. The van der Waals surface area contributed by atoms with E-state index in [1.165, 1.54) is 11.1 Å². The van der Waals surface area contributed by atoms with Gasteiger partial charge in [-0.2, -0.15) is 0 Å². The van der Waals surface area contributed by atoms with Crippen molar-refractivity contribution >= 4 is 11.5 Å². The van der Waals surface area contributed by atoms with E-state index >= 15 is 0 Å². The summed E-state index contributed by atoms with van der Waals surface area (Å²) in [6, 6.07) is 12.3. The topological polar surface area (TPSA) is 37.3 Å². The van der Waals surface area contributed by atoms with Gasteiger partial charge in [-0.1, -0.05) is 42.5 Å². The Balaban J connectivity index is 2.21. The molecule has 1 N–H and O–H groups in total. The van der Waals surface area contributed by atoms with Crippen LogP contribution in [-0.4, -0.2) is 11.1 Å². The SMILES string of the molecule is Cc1ccc(C2=CCCc3ccccc32)c(C)c1C(=O)O. The van der Waals surface area contributed by atoms with Crippen molar-refractivity contribution in [2.75, 3.05) is 0 Å². The number of aryl methyl sites for hydroxylation is 2. The fraction of sp³-hybridized carbons (Fsp3) is 0.211. The van der Waals surface area contributed by atoms with Gasteiger partial charge in [0.05, 0.1) is 5.56 Å². The molecule has 0 bridgehead atoms. The summed E-state index contributed by atoms with van der Waals surface area (Å²) in [7, 11) is 0. The summed E-state index contributed by atoms with van der Waals surface area (Å²) < 4.78 is 0. The van der Waals surface area contributed by atoms with Crippen LogP contribution in [0.15, 0.2) is 42.5 Å². The Morgan fingerprint density at radius 3 is 2.57 bits per heavy atom. The number of rotatable bonds is 2. The van der Waals surface area contributed by atoms with Crippen molar-refractivity contribution < 1.29 is 9.90 Å². The molecule has 0 spiro atoms. The van der Waals surface area contributed by atoms with Crippen molar-refractivity contribution in [3.63, 3.8) is 0 Å². The van der Waals surface area contributed by atoms with Crippen molar-refractivity contribution in [2.45, 2.75) is 26.7 Å². The molecule has 2 aromatic rings. The summed E-state index contributed by atoms with van der Waals surface area (Å²) in [4.78, 5) is 11.5. The van der Waals surface area contributed by atoms with Crippen molar-refractivity contribution in [3.8, 4) is 0 Å². The molecule has 0 unspecified atom stereocenters. The average Bonchev–Trinajstić information content (AvgIpc) is 2.47. The van der Waals surface area contributed by atoms with Crippen molar-refractivity contribution in [2.24, 2.45) is 0 Å². The zero-order valence-electron chi connectivity index (χ0n) is 12.3. The predicted molar refractivity (Wildman–Crippen MR) is 84.7 cm³/mol. The maximum absolute atomic E-state index is 11.5. The first-order valence-corrected chi connectivity index (χ1v) is 7.22. The fourth-order valence-electron chi connectivity index (χ4n) is 3.21. The molecule has 2 nitrogen and oxygen atoms in total. The molecular weight excluding hydrogens is 260 g/mol. The van der Waals surface area contributed by atoms with Gasteiger partial charge in [0.25, 0.3) is 0 Å². The lowest BCUT2D eigenvalue weighted by Crippen LogP contribution is -2.08. The number of carbonyl (C=O) groups is 1. The Bertz CT molecular complexity index is 754. The van der Waals surface area contributed by atoms with E-state index in [0.29, 0.717) is 5.56 Å². The van der Waals surface area contributed by atoms with Gasteiger partial charge in [0, 0.05) is 0 Å². The van der Waals surface area contributed by atoms with Crippen LogP contribution in [-0.2, 0) is 6.42 Å². The van der Waals surface area contributed by atoms with Gasteiger partial charge >= 0.3 is 5.97 Å². The molecule has 0 saturated carbocycles. The number of allylic oxidation sites excluding steroid dienone is 1. The van der Waals surface area contributed by atoms with E-state index in [4.69, 9.17) is 0 Å². The third-order valence-electron chi connectivity index (χ3n) is 4.25. The molecule has 3 rings (SSSR count). The summed E-state index contributed by atoms with van der Waals surface area (Å²) >= 11 is 0. The van der Waals surface area contributed by atoms with Crippen LogP contribution in [0.2, 0.25) is 0 Å². The van der Waals surface area contributed by atoms with Crippen LogP contribution in [0.4, 0.5) is 0 Å². The summed E-state index contributed by atoms with van der Waals surface area (Å²) in [5.74, 6) is -0.850. The normalized spacial score (nSPS) is 13.5. The Morgan fingerprint density at radius 1 is 1.05 bits per heavy atom. The minimum Gasteiger partial charge on any atom is -0.478 e. The Kier molecular flexibility index (Phi) is 3.38. The molecule has 0 atom stereocenters. The minimum absolute atomic E-state index is 0.427. The molecule has 0 fully saturated rings. The highest BCUT2D eigenvalue weighted by molar-refractivity contribution is 5.94. The van der Waals surface area contributed by atoms with Gasteiger partial charge < -0.3 is 5.11 Å². The zero-order valence-corrected chi connectivity index (χ0v) is 12.3. The number of hydrogen-bond acceptors (Lipinski definition) is 1. The van der Waals surface area contributed by atoms with Crippen molar-refractivity contribution in [1.82, 2.24) is 0 Å². The van der Waals surface area contributed by atoms with E-state index in [1.54, 1.807) is 0 Å². The summed E-state index contributed by atoms with van der Waals surface area (Å²) in [5.41, 5.74) is 6.86.